The molecule has 3 heterocycles. The van der Waals surface area contributed by atoms with Crippen molar-refractivity contribution < 1.29 is 0 Å². The lowest BCUT2D eigenvalue weighted by Gasteiger charge is -2.47. The van der Waals surface area contributed by atoms with Crippen LogP contribution >= 0.6 is 0 Å². The predicted molar refractivity (Wildman–Crippen MR) is 44.8 cm³/mol. The quantitative estimate of drug-likeness (QED) is 0.578. The largest absolute Gasteiger partial charge is 0.315 e. The van der Waals surface area contributed by atoms with Crippen molar-refractivity contribution in [3.05, 3.63) is 11.6 Å². The first-order valence-electron chi connectivity index (χ1n) is 4.67. The Balaban J connectivity index is 2.13. The third kappa shape index (κ3) is 0.586. The van der Waals surface area contributed by atoms with E-state index in [1.807, 2.05) is 6.92 Å². The van der Waals surface area contributed by atoms with Crippen LogP contribution in [0.5, 0.6) is 0 Å². The summed E-state index contributed by atoms with van der Waals surface area (Å²) in [5, 5.41) is 8.36. The fourth-order valence-corrected chi connectivity index (χ4v) is 2.60. The molecule has 3 atom stereocenters. The molecule has 0 aromatic carbocycles. The highest BCUT2D eigenvalue weighted by atomic mass is 15.3. The van der Waals surface area contributed by atoms with Crippen LogP contribution in [0, 0.1) is 18.8 Å². The number of aromatic nitrogens is 3. The van der Waals surface area contributed by atoms with Gasteiger partial charge in [0, 0.05) is 12.5 Å². The summed E-state index contributed by atoms with van der Waals surface area (Å²) in [6.45, 7) is 5.55. The number of nitrogens with zero attached hydrogens (tertiary/aromatic N) is 3. The van der Waals surface area contributed by atoms with E-state index in [2.05, 4.69) is 21.7 Å². The molecule has 12 heavy (non-hydrogen) atoms. The van der Waals surface area contributed by atoms with Gasteiger partial charge in [-0.25, -0.2) is 0 Å². The van der Waals surface area contributed by atoms with Gasteiger partial charge in [-0.15, -0.1) is 10.2 Å². The molecule has 2 bridgehead atoms. The molecule has 1 aromatic heterocycles. The number of hydrogen-bond acceptors (Lipinski definition) is 2. The summed E-state index contributed by atoms with van der Waals surface area (Å²) in [5.41, 5.74) is 0. The van der Waals surface area contributed by atoms with Crippen LogP contribution in [0.3, 0.4) is 0 Å². The first kappa shape index (κ1) is 6.63. The molecule has 0 saturated heterocycles. The zero-order valence-corrected chi connectivity index (χ0v) is 7.49. The first-order valence-corrected chi connectivity index (χ1v) is 4.67. The van der Waals surface area contributed by atoms with Gasteiger partial charge in [0.05, 0.1) is 0 Å². The van der Waals surface area contributed by atoms with Crippen LogP contribution in [0.25, 0.3) is 0 Å². The van der Waals surface area contributed by atoms with Gasteiger partial charge in [-0.05, 0) is 25.2 Å². The number of rotatable bonds is 0. The monoisotopic (exact) mass is 163 g/mol. The number of aryl methyl sites for hydroxylation is 1. The standard InChI is InChI=1S/C9H13N3/c1-5-7-3-8(5)9-11-10-6(2)12(9)4-7/h5,7-8H,3-4H2,1-2H3. The molecule has 0 amide bonds. The minimum Gasteiger partial charge on any atom is -0.315 e. The van der Waals surface area contributed by atoms with Gasteiger partial charge in [0.25, 0.3) is 0 Å². The highest BCUT2D eigenvalue weighted by Gasteiger charge is 2.45. The summed E-state index contributed by atoms with van der Waals surface area (Å²) in [4.78, 5) is 0. The Morgan fingerprint density at radius 1 is 1.42 bits per heavy atom. The number of hydrogen-bond donors (Lipinski definition) is 0. The van der Waals surface area contributed by atoms with Crippen LogP contribution < -0.4 is 0 Å². The Bertz CT molecular complexity index is 329. The van der Waals surface area contributed by atoms with Crippen LogP contribution in [0.1, 0.15) is 30.9 Å². The van der Waals surface area contributed by atoms with Crippen molar-refractivity contribution >= 4 is 0 Å². The summed E-state index contributed by atoms with van der Waals surface area (Å²) in [5.74, 6) is 4.79. The Hall–Kier alpha value is -0.860. The molecule has 1 fully saturated rings. The van der Waals surface area contributed by atoms with E-state index < -0.39 is 0 Å². The molecule has 2 aliphatic heterocycles. The van der Waals surface area contributed by atoms with Crippen LogP contribution in [0.4, 0.5) is 0 Å². The van der Waals surface area contributed by atoms with E-state index in [1.165, 1.54) is 12.2 Å². The van der Waals surface area contributed by atoms with Crippen molar-refractivity contribution in [2.75, 3.05) is 0 Å². The Labute approximate surface area is 71.8 Å². The summed E-state index contributed by atoms with van der Waals surface area (Å²) in [6, 6.07) is 0. The van der Waals surface area contributed by atoms with Gasteiger partial charge in [0.2, 0.25) is 0 Å². The molecule has 3 aliphatic rings. The van der Waals surface area contributed by atoms with Gasteiger partial charge in [-0.2, -0.15) is 0 Å². The predicted octanol–water partition coefficient (Wildman–Crippen LogP) is 1.34. The highest BCUT2D eigenvalue weighted by Crippen LogP contribution is 2.51. The average Bonchev–Trinajstić information content (AvgIpc) is 2.47. The minimum atomic E-state index is 0.713. The van der Waals surface area contributed by atoms with Crippen molar-refractivity contribution in [2.45, 2.75) is 32.7 Å². The van der Waals surface area contributed by atoms with Gasteiger partial charge in [-0.3, -0.25) is 0 Å². The second-order valence-corrected chi connectivity index (χ2v) is 4.18. The fraction of sp³-hybridized carbons (Fsp3) is 0.778. The van der Waals surface area contributed by atoms with Crippen LogP contribution in [-0.2, 0) is 6.54 Å². The van der Waals surface area contributed by atoms with Gasteiger partial charge < -0.3 is 4.57 Å². The Kier molecular flexibility index (Phi) is 1.05. The van der Waals surface area contributed by atoms with E-state index in [4.69, 9.17) is 0 Å². The SMILES string of the molecule is Cc1nnc2n1CC1CC2C1C. The maximum Gasteiger partial charge on any atom is 0.136 e. The van der Waals surface area contributed by atoms with E-state index in [1.54, 1.807) is 0 Å². The molecule has 1 saturated carbocycles. The van der Waals surface area contributed by atoms with Crippen molar-refractivity contribution in [1.82, 2.24) is 14.8 Å². The molecule has 0 radical (unpaired) electrons. The van der Waals surface area contributed by atoms with E-state index in [0.29, 0.717) is 5.92 Å². The summed E-state index contributed by atoms with van der Waals surface area (Å²) in [6.07, 6.45) is 1.35. The lowest BCUT2D eigenvalue weighted by Crippen LogP contribution is -2.42. The topological polar surface area (TPSA) is 30.7 Å². The van der Waals surface area contributed by atoms with Crippen molar-refractivity contribution in [3.8, 4) is 0 Å². The minimum absolute atomic E-state index is 0.713. The van der Waals surface area contributed by atoms with Gasteiger partial charge >= 0.3 is 0 Å². The molecule has 3 unspecified atom stereocenters. The maximum atomic E-state index is 4.24. The zero-order valence-electron chi connectivity index (χ0n) is 7.49. The molecule has 64 valence electrons. The summed E-state index contributed by atoms with van der Waals surface area (Å²) >= 11 is 0. The molecule has 4 rings (SSSR count). The fourth-order valence-electron chi connectivity index (χ4n) is 2.60. The van der Waals surface area contributed by atoms with E-state index in [9.17, 15) is 0 Å². The summed E-state index contributed by atoms with van der Waals surface area (Å²) in [7, 11) is 0. The van der Waals surface area contributed by atoms with Gasteiger partial charge in [0.15, 0.2) is 0 Å². The lowest BCUT2D eigenvalue weighted by molar-refractivity contribution is 0.0854. The van der Waals surface area contributed by atoms with Crippen molar-refractivity contribution in [1.29, 1.82) is 0 Å². The first-order chi connectivity index (χ1) is 5.77. The second kappa shape index (κ2) is 1.90. The van der Waals surface area contributed by atoms with Gasteiger partial charge in [-0.1, -0.05) is 6.92 Å². The third-order valence-corrected chi connectivity index (χ3v) is 3.65. The van der Waals surface area contributed by atoms with Crippen molar-refractivity contribution in [2.24, 2.45) is 11.8 Å². The highest BCUT2D eigenvalue weighted by molar-refractivity contribution is 5.14. The lowest BCUT2D eigenvalue weighted by atomic mass is 9.63. The summed E-state index contributed by atoms with van der Waals surface area (Å²) < 4.78 is 2.29. The molecular formula is C9H13N3. The third-order valence-electron chi connectivity index (χ3n) is 3.65. The molecule has 1 aliphatic carbocycles. The zero-order chi connectivity index (χ0) is 8.29. The van der Waals surface area contributed by atoms with Crippen LogP contribution in [0.15, 0.2) is 0 Å². The van der Waals surface area contributed by atoms with Crippen molar-refractivity contribution in [3.63, 3.8) is 0 Å². The molecule has 1 aromatic rings. The Morgan fingerprint density at radius 2 is 2.25 bits per heavy atom. The smallest absolute Gasteiger partial charge is 0.136 e. The molecule has 0 spiro atoms. The van der Waals surface area contributed by atoms with E-state index in [0.717, 1.165) is 24.2 Å². The molecule has 3 nitrogen and oxygen atoms in total. The van der Waals surface area contributed by atoms with Gasteiger partial charge in [0.1, 0.15) is 11.6 Å². The normalized spacial score (nSPS) is 37.3. The Morgan fingerprint density at radius 3 is 3.00 bits per heavy atom. The van der Waals surface area contributed by atoms with Crippen LogP contribution in [0.2, 0.25) is 0 Å². The molecule has 0 N–H and O–H groups in total. The average molecular weight is 163 g/mol. The van der Waals surface area contributed by atoms with E-state index in [-0.39, 0.29) is 0 Å². The van der Waals surface area contributed by atoms with E-state index >= 15 is 0 Å². The second-order valence-electron chi connectivity index (χ2n) is 4.18. The molecular weight excluding hydrogens is 150 g/mol. The van der Waals surface area contributed by atoms with Crippen LogP contribution in [-0.4, -0.2) is 14.8 Å². The maximum absolute atomic E-state index is 4.24. The molecule has 3 heteroatoms.